The van der Waals surface area contributed by atoms with E-state index >= 15 is 0 Å². The predicted octanol–water partition coefficient (Wildman–Crippen LogP) is 4.75. The molecule has 35 heavy (non-hydrogen) atoms. The zero-order chi connectivity index (χ0) is 24.8. The third-order valence-corrected chi connectivity index (χ3v) is 7.50. The van der Waals surface area contributed by atoms with Crippen molar-refractivity contribution in [2.75, 3.05) is 11.4 Å². The van der Waals surface area contributed by atoms with Crippen molar-refractivity contribution >= 4 is 29.3 Å². The molecule has 0 aliphatic heterocycles. The molecule has 2 amide bonds. The van der Waals surface area contributed by atoms with Crippen LogP contribution in [0.2, 0.25) is 0 Å². The number of benzene rings is 2. The van der Waals surface area contributed by atoms with Crippen LogP contribution >= 0.6 is 11.8 Å². The van der Waals surface area contributed by atoms with Gasteiger partial charge in [-0.3, -0.25) is 9.59 Å². The summed E-state index contributed by atoms with van der Waals surface area (Å²) in [5.41, 5.74) is 2.78. The fourth-order valence-electron chi connectivity index (χ4n) is 4.37. The van der Waals surface area contributed by atoms with E-state index in [4.69, 9.17) is 0 Å². The molecule has 1 aliphatic carbocycles. The van der Waals surface area contributed by atoms with Crippen LogP contribution in [0.1, 0.15) is 44.6 Å². The Hall–Kier alpha value is -3.13. The molecule has 0 radical (unpaired) electrons. The number of aromatic nitrogens is 3. The van der Waals surface area contributed by atoms with Crippen LogP contribution in [-0.2, 0) is 16.6 Å². The Balaban J connectivity index is 1.49. The molecule has 1 fully saturated rings. The normalized spacial score (nSPS) is 14.9. The number of nitrogens with zero attached hydrogens (tertiary/aromatic N) is 4. The van der Waals surface area contributed by atoms with Crippen LogP contribution in [0.4, 0.5) is 5.69 Å². The van der Waals surface area contributed by atoms with E-state index < -0.39 is 5.25 Å². The van der Waals surface area contributed by atoms with Gasteiger partial charge in [0.2, 0.25) is 11.8 Å². The number of aryl methyl sites for hydroxylation is 1. The molecule has 0 saturated heterocycles. The molecule has 0 bridgehead atoms. The minimum atomic E-state index is -0.453. The number of carbonyl (C=O) groups is 2. The third kappa shape index (κ3) is 6.31. The van der Waals surface area contributed by atoms with E-state index in [-0.39, 0.29) is 24.4 Å². The summed E-state index contributed by atoms with van der Waals surface area (Å²) in [5.74, 6) is 0.491. The van der Waals surface area contributed by atoms with E-state index in [0.29, 0.717) is 5.16 Å². The van der Waals surface area contributed by atoms with Crippen LogP contribution in [0.5, 0.6) is 0 Å². The second-order valence-electron chi connectivity index (χ2n) is 9.15. The Morgan fingerprint density at radius 1 is 1.06 bits per heavy atom. The molecule has 7 nitrogen and oxygen atoms in total. The maximum Gasteiger partial charge on any atom is 0.240 e. The molecule has 1 heterocycles. The summed E-state index contributed by atoms with van der Waals surface area (Å²) in [4.78, 5) is 28.1. The average Bonchev–Trinajstić information content (AvgIpc) is 3.23. The highest BCUT2D eigenvalue weighted by molar-refractivity contribution is 8.00. The number of hydrogen-bond acceptors (Lipinski definition) is 5. The summed E-state index contributed by atoms with van der Waals surface area (Å²) >= 11 is 1.35. The third-order valence-electron chi connectivity index (χ3n) is 6.38. The molecule has 0 spiro atoms. The van der Waals surface area contributed by atoms with E-state index in [1.807, 2.05) is 80.1 Å². The van der Waals surface area contributed by atoms with Crippen molar-refractivity contribution in [2.45, 2.75) is 62.4 Å². The van der Waals surface area contributed by atoms with E-state index in [1.165, 1.54) is 18.2 Å². The van der Waals surface area contributed by atoms with Gasteiger partial charge in [-0.15, -0.1) is 10.2 Å². The Labute approximate surface area is 211 Å². The van der Waals surface area contributed by atoms with Crippen molar-refractivity contribution in [3.63, 3.8) is 0 Å². The molecule has 1 saturated carbocycles. The first kappa shape index (κ1) is 25.0. The standard InChI is InChI=1S/C27H33N5O2S/c1-19-14-16-23(17-15-19)32(18-24(33)28-22-12-8-5-9-13-22)26(34)20(2)35-27-30-29-25(31(27)3)21-10-6-4-7-11-21/h4,6-7,10-11,14-17,20,22H,5,8-9,12-13,18H2,1-3H3,(H,28,33). The zero-order valence-electron chi connectivity index (χ0n) is 20.6. The van der Waals surface area contributed by atoms with Crippen LogP contribution in [-0.4, -0.2) is 44.4 Å². The van der Waals surface area contributed by atoms with E-state index in [2.05, 4.69) is 15.5 Å². The summed E-state index contributed by atoms with van der Waals surface area (Å²) in [7, 11) is 1.90. The molecule has 184 valence electrons. The summed E-state index contributed by atoms with van der Waals surface area (Å²) in [5, 5.41) is 12.0. The van der Waals surface area contributed by atoms with Crippen molar-refractivity contribution in [2.24, 2.45) is 7.05 Å². The molecule has 1 N–H and O–H groups in total. The maximum atomic E-state index is 13.6. The van der Waals surface area contributed by atoms with Gasteiger partial charge >= 0.3 is 0 Å². The van der Waals surface area contributed by atoms with Crippen molar-refractivity contribution in [1.82, 2.24) is 20.1 Å². The largest absolute Gasteiger partial charge is 0.352 e. The number of hydrogen-bond donors (Lipinski definition) is 1. The highest BCUT2D eigenvalue weighted by Crippen LogP contribution is 2.28. The number of rotatable bonds is 8. The zero-order valence-corrected chi connectivity index (χ0v) is 21.4. The number of nitrogens with one attached hydrogen (secondary N) is 1. The Kier molecular flexibility index (Phi) is 8.23. The molecule has 1 atom stereocenters. The highest BCUT2D eigenvalue weighted by atomic mass is 32.2. The Morgan fingerprint density at radius 2 is 1.74 bits per heavy atom. The molecule has 2 aromatic carbocycles. The Morgan fingerprint density at radius 3 is 2.43 bits per heavy atom. The number of carbonyl (C=O) groups excluding carboxylic acids is 2. The first-order chi connectivity index (χ1) is 16.9. The predicted molar refractivity (Wildman–Crippen MR) is 140 cm³/mol. The van der Waals surface area contributed by atoms with Crippen LogP contribution < -0.4 is 10.2 Å². The minimum Gasteiger partial charge on any atom is -0.352 e. The lowest BCUT2D eigenvalue weighted by Gasteiger charge is -2.28. The highest BCUT2D eigenvalue weighted by Gasteiger charge is 2.27. The van der Waals surface area contributed by atoms with Crippen LogP contribution in [0.15, 0.2) is 59.8 Å². The van der Waals surface area contributed by atoms with Crippen molar-refractivity contribution in [3.05, 3.63) is 60.2 Å². The second kappa shape index (κ2) is 11.5. The lowest BCUT2D eigenvalue weighted by molar-refractivity contribution is -0.124. The first-order valence-corrected chi connectivity index (χ1v) is 13.1. The molecule has 4 rings (SSSR count). The number of amides is 2. The number of anilines is 1. The SMILES string of the molecule is Cc1ccc(N(CC(=O)NC2CCCCC2)C(=O)C(C)Sc2nnc(-c3ccccc3)n2C)cc1. The van der Waals surface area contributed by atoms with Crippen LogP contribution in [0, 0.1) is 6.92 Å². The fraction of sp³-hybridized carbons (Fsp3) is 0.407. The van der Waals surface area contributed by atoms with Gasteiger partial charge < -0.3 is 14.8 Å². The van der Waals surface area contributed by atoms with Gasteiger partial charge in [-0.05, 0) is 38.8 Å². The van der Waals surface area contributed by atoms with Gasteiger partial charge in [-0.25, -0.2) is 0 Å². The van der Waals surface area contributed by atoms with E-state index in [1.54, 1.807) is 4.90 Å². The van der Waals surface area contributed by atoms with Crippen molar-refractivity contribution in [3.8, 4) is 11.4 Å². The minimum absolute atomic E-state index is 0.00260. The van der Waals surface area contributed by atoms with Crippen molar-refractivity contribution < 1.29 is 9.59 Å². The maximum absolute atomic E-state index is 13.6. The topological polar surface area (TPSA) is 80.1 Å². The number of thioether (sulfide) groups is 1. The van der Waals surface area contributed by atoms with Gasteiger partial charge in [0.05, 0.1) is 5.25 Å². The Bertz CT molecular complexity index is 1140. The fourth-order valence-corrected chi connectivity index (χ4v) is 5.25. The van der Waals surface area contributed by atoms with Crippen LogP contribution in [0.25, 0.3) is 11.4 Å². The van der Waals surface area contributed by atoms with Gasteiger partial charge in [-0.1, -0.05) is 79.1 Å². The quantitative estimate of drug-likeness (QED) is 0.460. The summed E-state index contributed by atoms with van der Waals surface area (Å²) in [6, 6.07) is 17.8. The molecular formula is C27H33N5O2S. The van der Waals surface area contributed by atoms with Crippen LogP contribution in [0.3, 0.4) is 0 Å². The molecule has 1 unspecified atom stereocenters. The van der Waals surface area contributed by atoms with Gasteiger partial charge in [0.25, 0.3) is 0 Å². The summed E-state index contributed by atoms with van der Waals surface area (Å²) < 4.78 is 1.90. The average molecular weight is 492 g/mol. The monoisotopic (exact) mass is 491 g/mol. The second-order valence-corrected chi connectivity index (χ2v) is 10.5. The van der Waals surface area contributed by atoms with Gasteiger partial charge in [-0.2, -0.15) is 0 Å². The molecule has 8 heteroatoms. The van der Waals surface area contributed by atoms with E-state index in [9.17, 15) is 9.59 Å². The lowest BCUT2D eigenvalue weighted by atomic mass is 9.95. The molecule has 3 aromatic rings. The summed E-state index contributed by atoms with van der Waals surface area (Å²) in [6.45, 7) is 3.85. The van der Waals surface area contributed by atoms with Crippen molar-refractivity contribution in [1.29, 1.82) is 0 Å². The van der Waals surface area contributed by atoms with Gasteiger partial charge in [0.1, 0.15) is 6.54 Å². The summed E-state index contributed by atoms with van der Waals surface area (Å²) in [6.07, 6.45) is 5.52. The molecule has 1 aliphatic rings. The van der Waals surface area contributed by atoms with Gasteiger partial charge in [0, 0.05) is 24.3 Å². The first-order valence-electron chi connectivity index (χ1n) is 12.2. The lowest BCUT2D eigenvalue weighted by Crippen LogP contribution is -2.46. The smallest absolute Gasteiger partial charge is 0.240 e. The molecular weight excluding hydrogens is 458 g/mol. The molecule has 1 aromatic heterocycles. The van der Waals surface area contributed by atoms with Gasteiger partial charge in [0.15, 0.2) is 11.0 Å². The van der Waals surface area contributed by atoms with E-state index in [0.717, 1.165) is 48.3 Å².